The van der Waals surface area contributed by atoms with Gasteiger partial charge < -0.3 is 15.0 Å². The van der Waals surface area contributed by atoms with Gasteiger partial charge in [-0.1, -0.05) is 0 Å². The lowest BCUT2D eigenvalue weighted by Gasteiger charge is -2.34. The first-order valence-corrected chi connectivity index (χ1v) is 7.24. The second-order valence-corrected chi connectivity index (χ2v) is 5.91. The first-order chi connectivity index (χ1) is 9.61. The Hall–Kier alpha value is -1.59. The van der Waals surface area contributed by atoms with E-state index in [1.807, 2.05) is 22.7 Å². The lowest BCUT2D eigenvalue weighted by molar-refractivity contribution is 0.138. The van der Waals surface area contributed by atoms with Crippen LogP contribution < -0.4 is 5.73 Å². The number of imidazole rings is 1. The summed E-state index contributed by atoms with van der Waals surface area (Å²) in [4.78, 5) is 9.49. The first-order valence-electron chi connectivity index (χ1n) is 7.24. The van der Waals surface area contributed by atoms with E-state index in [1.54, 1.807) is 0 Å². The fourth-order valence-corrected chi connectivity index (χ4v) is 2.96. The summed E-state index contributed by atoms with van der Waals surface area (Å²) in [6, 6.07) is 4.53. The van der Waals surface area contributed by atoms with Crippen molar-refractivity contribution >= 4 is 11.3 Å². The van der Waals surface area contributed by atoms with E-state index in [9.17, 15) is 0 Å². The molecular formula is C15H23N5. The number of nitrogens with two attached hydrogens (primary N) is 1. The zero-order chi connectivity index (χ0) is 14.1. The molecule has 0 aliphatic carbocycles. The predicted molar refractivity (Wildman–Crippen MR) is 81.6 cm³/mol. The van der Waals surface area contributed by atoms with Crippen molar-refractivity contribution in [2.75, 3.05) is 32.9 Å². The number of aromatic nitrogens is 2. The van der Waals surface area contributed by atoms with Crippen molar-refractivity contribution in [3.63, 3.8) is 0 Å². The summed E-state index contributed by atoms with van der Waals surface area (Å²) in [6.45, 7) is 3.28. The number of nitrogen functional groups attached to an aromatic ring is 1. The SMILES string of the molecule is CN1CCC(N(C)Cc2cn3cc(N)ccc3n2)CC1. The van der Waals surface area contributed by atoms with Crippen LogP contribution in [0.1, 0.15) is 18.5 Å². The van der Waals surface area contributed by atoms with Gasteiger partial charge in [0.25, 0.3) is 0 Å². The van der Waals surface area contributed by atoms with Crippen LogP contribution in [0.15, 0.2) is 24.5 Å². The molecule has 0 amide bonds. The molecule has 2 N–H and O–H groups in total. The van der Waals surface area contributed by atoms with Crippen LogP contribution in [0.25, 0.3) is 5.65 Å². The number of likely N-dealkylation sites (tertiary alicyclic amines) is 1. The van der Waals surface area contributed by atoms with Crippen LogP contribution in [0.4, 0.5) is 5.69 Å². The topological polar surface area (TPSA) is 49.8 Å². The van der Waals surface area contributed by atoms with E-state index in [1.165, 1.54) is 25.9 Å². The lowest BCUT2D eigenvalue weighted by Crippen LogP contribution is -2.41. The summed E-state index contributed by atoms with van der Waals surface area (Å²) in [6.07, 6.45) is 6.49. The van der Waals surface area contributed by atoms with E-state index in [0.717, 1.165) is 23.6 Å². The first kappa shape index (κ1) is 13.4. The maximum atomic E-state index is 5.80. The zero-order valence-corrected chi connectivity index (χ0v) is 12.3. The minimum absolute atomic E-state index is 0.668. The molecule has 1 saturated heterocycles. The maximum absolute atomic E-state index is 5.80. The highest BCUT2D eigenvalue weighted by Gasteiger charge is 2.21. The van der Waals surface area contributed by atoms with Gasteiger partial charge in [0.05, 0.1) is 5.69 Å². The van der Waals surface area contributed by atoms with Gasteiger partial charge in [-0.2, -0.15) is 0 Å². The fraction of sp³-hybridized carbons (Fsp3) is 0.533. The smallest absolute Gasteiger partial charge is 0.137 e. The van der Waals surface area contributed by atoms with Gasteiger partial charge >= 0.3 is 0 Å². The molecule has 2 aromatic heterocycles. The number of hydrogen-bond acceptors (Lipinski definition) is 4. The van der Waals surface area contributed by atoms with Crippen molar-refractivity contribution in [1.82, 2.24) is 19.2 Å². The van der Waals surface area contributed by atoms with E-state index >= 15 is 0 Å². The van der Waals surface area contributed by atoms with Crippen LogP contribution in [0.2, 0.25) is 0 Å². The Kier molecular flexibility index (Phi) is 3.63. The van der Waals surface area contributed by atoms with Crippen LogP contribution >= 0.6 is 0 Å². The average Bonchev–Trinajstić information content (AvgIpc) is 2.80. The molecule has 0 spiro atoms. The maximum Gasteiger partial charge on any atom is 0.137 e. The van der Waals surface area contributed by atoms with Gasteiger partial charge in [0.1, 0.15) is 5.65 Å². The summed E-state index contributed by atoms with van der Waals surface area (Å²) in [5.74, 6) is 0. The fourth-order valence-electron chi connectivity index (χ4n) is 2.96. The van der Waals surface area contributed by atoms with Gasteiger partial charge in [-0.25, -0.2) is 4.98 Å². The third kappa shape index (κ3) is 2.78. The van der Waals surface area contributed by atoms with E-state index < -0.39 is 0 Å². The molecule has 3 rings (SSSR count). The molecule has 1 aliphatic rings. The predicted octanol–water partition coefficient (Wildman–Crippen LogP) is 1.44. The number of hydrogen-bond donors (Lipinski definition) is 1. The number of nitrogens with zero attached hydrogens (tertiary/aromatic N) is 4. The summed E-state index contributed by atoms with van der Waals surface area (Å²) in [7, 11) is 4.40. The summed E-state index contributed by atoms with van der Waals surface area (Å²) in [5, 5.41) is 0. The van der Waals surface area contributed by atoms with Crippen LogP contribution in [0.3, 0.4) is 0 Å². The summed E-state index contributed by atoms with van der Waals surface area (Å²) in [5.41, 5.74) is 8.64. The van der Waals surface area contributed by atoms with E-state index in [2.05, 4.69) is 35.1 Å². The van der Waals surface area contributed by atoms with Crippen LogP contribution in [-0.2, 0) is 6.54 Å². The Balaban J connectivity index is 1.69. The van der Waals surface area contributed by atoms with Crippen molar-refractivity contribution in [3.8, 4) is 0 Å². The van der Waals surface area contributed by atoms with Gasteiger partial charge in [0.15, 0.2) is 0 Å². The highest BCUT2D eigenvalue weighted by Crippen LogP contribution is 2.17. The quantitative estimate of drug-likeness (QED) is 0.919. The number of piperidine rings is 1. The van der Waals surface area contributed by atoms with Gasteiger partial charge in [0.2, 0.25) is 0 Å². The summed E-state index contributed by atoms with van der Waals surface area (Å²) >= 11 is 0. The van der Waals surface area contributed by atoms with Gasteiger partial charge in [-0.15, -0.1) is 0 Å². The van der Waals surface area contributed by atoms with E-state index in [-0.39, 0.29) is 0 Å². The third-order valence-corrected chi connectivity index (χ3v) is 4.25. The molecule has 0 aromatic carbocycles. The third-order valence-electron chi connectivity index (χ3n) is 4.25. The van der Waals surface area contributed by atoms with Crippen molar-refractivity contribution in [2.24, 2.45) is 0 Å². The van der Waals surface area contributed by atoms with Crippen molar-refractivity contribution in [1.29, 1.82) is 0 Å². The number of fused-ring (bicyclic) bond motifs is 1. The van der Waals surface area contributed by atoms with Crippen LogP contribution in [0, 0.1) is 0 Å². The van der Waals surface area contributed by atoms with Crippen LogP contribution in [-0.4, -0.2) is 52.4 Å². The standard InChI is InChI=1S/C15H23N5/c1-18-7-5-14(6-8-18)19(2)10-13-11-20-9-12(16)3-4-15(20)17-13/h3-4,9,11,14H,5-8,10,16H2,1-2H3. The number of rotatable bonds is 3. The van der Waals surface area contributed by atoms with E-state index in [0.29, 0.717) is 6.04 Å². The van der Waals surface area contributed by atoms with E-state index in [4.69, 9.17) is 5.73 Å². The largest absolute Gasteiger partial charge is 0.398 e. The van der Waals surface area contributed by atoms with Crippen molar-refractivity contribution in [2.45, 2.75) is 25.4 Å². The number of pyridine rings is 1. The molecule has 0 unspecified atom stereocenters. The normalized spacial score (nSPS) is 18.1. The lowest BCUT2D eigenvalue weighted by atomic mass is 10.0. The van der Waals surface area contributed by atoms with Gasteiger partial charge in [-0.3, -0.25) is 4.90 Å². The van der Waals surface area contributed by atoms with Crippen molar-refractivity contribution < 1.29 is 0 Å². The summed E-state index contributed by atoms with van der Waals surface area (Å²) < 4.78 is 2.01. The molecular weight excluding hydrogens is 250 g/mol. The Bertz CT molecular complexity index is 583. The van der Waals surface area contributed by atoms with Gasteiger partial charge in [-0.05, 0) is 52.2 Å². The Morgan fingerprint density at radius 3 is 2.80 bits per heavy atom. The Labute approximate surface area is 120 Å². The molecule has 1 aliphatic heterocycles. The molecule has 20 heavy (non-hydrogen) atoms. The second kappa shape index (κ2) is 5.42. The molecule has 0 radical (unpaired) electrons. The minimum atomic E-state index is 0.668. The zero-order valence-electron chi connectivity index (χ0n) is 12.3. The Morgan fingerprint density at radius 2 is 2.05 bits per heavy atom. The monoisotopic (exact) mass is 273 g/mol. The minimum Gasteiger partial charge on any atom is -0.398 e. The molecule has 3 heterocycles. The average molecular weight is 273 g/mol. The molecule has 0 bridgehead atoms. The van der Waals surface area contributed by atoms with Gasteiger partial charge in [0, 0.05) is 30.7 Å². The molecule has 5 nitrogen and oxygen atoms in total. The van der Waals surface area contributed by atoms with Crippen molar-refractivity contribution in [3.05, 3.63) is 30.2 Å². The van der Waals surface area contributed by atoms with Crippen LogP contribution in [0.5, 0.6) is 0 Å². The molecule has 108 valence electrons. The molecule has 0 saturated carbocycles. The highest BCUT2D eigenvalue weighted by molar-refractivity contribution is 5.48. The highest BCUT2D eigenvalue weighted by atomic mass is 15.2. The second-order valence-electron chi connectivity index (χ2n) is 5.91. The number of anilines is 1. The Morgan fingerprint density at radius 1 is 1.30 bits per heavy atom. The molecule has 1 fully saturated rings. The molecule has 5 heteroatoms. The molecule has 0 atom stereocenters. The molecule has 2 aromatic rings.